The zero-order chi connectivity index (χ0) is 34.6. The van der Waals surface area contributed by atoms with Crippen LogP contribution in [0, 0.1) is 0 Å². The first kappa shape index (κ1) is 50.3. The standard InChI is InChI=1S/C18H29NOS2.C14H22O.C2H7N.CS2.2CH4/c1-17(2,3)13-9-12(11-22-16(21)19(7)8)10-14(15(13)20)18(4,5)6;1-13(2,3)10-8-7-9-11(12(10)15)14(4,5)6;1-3-2;2-1-3;;/h9-10,20H,11H2,1-8H3;7-9,15H,1-6H3;3H,1-2H3;;2*1H4. The lowest BCUT2D eigenvalue weighted by Gasteiger charge is -2.28. The Morgan fingerprint density at radius 2 is 0.978 bits per heavy atom. The molecule has 0 heterocycles. The number of hydrogen-bond acceptors (Lipinski definition) is 7. The SMILES string of the molecule is C.C.CC(C)(C)c1cccc(C(C)(C)C)c1O.CN(C)C(=S)SCc1cc(C(C)(C)C)c(O)c(C(C)(C)C)c1.CNC.S=C=S. The normalized spacial score (nSPS) is 10.9. The van der Waals surface area contributed by atoms with Crippen molar-refractivity contribution in [3.63, 3.8) is 0 Å². The van der Waals surface area contributed by atoms with Gasteiger partial charge >= 0.3 is 0 Å². The molecule has 0 bridgehead atoms. The van der Waals surface area contributed by atoms with Crippen molar-refractivity contribution in [2.45, 2.75) is 125 Å². The molecule has 3 N–H and O–H groups in total. The van der Waals surface area contributed by atoms with E-state index in [1.807, 2.05) is 55.6 Å². The summed E-state index contributed by atoms with van der Waals surface area (Å²) in [5, 5.41) is 23.7. The summed E-state index contributed by atoms with van der Waals surface area (Å²) < 4.78 is 2.79. The minimum Gasteiger partial charge on any atom is -0.507 e. The molecule has 8 heteroatoms. The molecule has 0 aliphatic carbocycles. The lowest BCUT2D eigenvalue weighted by atomic mass is 9.78. The van der Waals surface area contributed by atoms with Gasteiger partial charge in [-0.25, -0.2) is 0 Å². The average Bonchev–Trinajstić information content (AvgIpc) is 2.81. The zero-order valence-corrected chi connectivity index (χ0v) is 32.8. The van der Waals surface area contributed by atoms with Gasteiger partial charge in [-0.1, -0.05) is 152 Å². The van der Waals surface area contributed by atoms with E-state index in [-0.39, 0.29) is 36.5 Å². The largest absolute Gasteiger partial charge is 0.507 e. The first-order valence-corrected chi connectivity index (χ1v) is 16.6. The third kappa shape index (κ3) is 18.4. The molecule has 0 fully saturated rings. The maximum absolute atomic E-state index is 10.7. The Bertz CT molecular complexity index is 1120. The van der Waals surface area contributed by atoms with E-state index >= 15 is 0 Å². The van der Waals surface area contributed by atoms with Gasteiger partial charge in [-0.2, -0.15) is 0 Å². The van der Waals surface area contributed by atoms with E-state index in [4.69, 9.17) is 12.2 Å². The van der Waals surface area contributed by atoms with Gasteiger partial charge in [0.15, 0.2) is 0 Å². The summed E-state index contributed by atoms with van der Waals surface area (Å²) in [6.07, 6.45) is 0. The van der Waals surface area contributed by atoms with Crippen molar-refractivity contribution in [1.82, 2.24) is 10.2 Å². The van der Waals surface area contributed by atoms with Crippen LogP contribution in [-0.4, -0.2) is 51.9 Å². The highest BCUT2D eigenvalue weighted by Gasteiger charge is 2.27. The number of thioether (sulfide) groups is 1. The number of hydrogen-bond donors (Lipinski definition) is 3. The number of para-hydroxylation sites is 1. The second-order valence-electron chi connectivity index (χ2n) is 14.8. The van der Waals surface area contributed by atoms with Crippen LogP contribution in [0.2, 0.25) is 0 Å². The smallest absolute Gasteiger partial charge is 0.136 e. The summed E-state index contributed by atoms with van der Waals surface area (Å²) in [5.41, 5.74) is 5.07. The Labute approximate surface area is 299 Å². The van der Waals surface area contributed by atoms with Gasteiger partial charge in [-0.15, -0.1) is 0 Å². The predicted molar refractivity (Wildman–Crippen MR) is 217 cm³/mol. The number of benzene rings is 2. The molecule has 0 aromatic heterocycles. The summed E-state index contributed by atoms with van der Waals surface area (Å²) in [7, 11) is 7.68. The molecule has 0 amide bonds. The average molecular weight is 699 g/mol. The molecule has 0 radical (unpaired) electrons. The van der Waals surface area contributed by atoms with E-state index in [1.165, 1.54) is 5.56 Å². The molecule has 0 saturated carbocycles. The van der Waals surface area contributed by atoms with Gasteiger partial charge in [0.1, 0.15) is 15.8 Å². The van der Waals surface area contributed by atoms with Crippen molar-refractivity contribution in [2.75, 3.05) is 28.2 Å². The molecule has 0 saturated heterocycles. The number of nitrogens with zero attached hydrogens (tertiary/aromatic N) is 1. The fourth-order valence-electron chi connectivity index (χ4n) is 3.95. The molecule has 2 aromatic carbocycles. The van der Waals surface area contributed by atoms with Crippen LogP contribution in [0.25, 0.3) is 0 Å². The van der Waals surface area contributed by atoms with Crippen LogP contribution in [-0.2, 0) is 27.4 Å². The maximum atomic E-state index is 10.7. The number of aromatic hydroxyl groups is 2. The molecule has 2 rings (SSSR count). The van der Waals surface area contributed by atoms with Gasteiger partial charge in [0.05, 0.1) is 0 Å². The van der Waals surface area contributed by atoms with Gasteiger partial charge in [-0.3, -0.25) is 0 Å². The van der Waals surface area contributed by atoms with Gasteiger partial charge in [0.25, 0.3) is 0 Å². The van der Waals surface area contributed by atoms with Crippen LogP contribution in [0.1, 0.15) is 126 Å². The predicted octanol–water partition coefficient (Wildman–Crippen LogP) is 11.2. The van der Waals surface area contributed by atoms with Crippen LogP contribution in [0.15, 0.2) is 30.3 Å². The highest BCUT2D eigenvalue weighted by Crippen LogP contribution is 2.41. The number of phenols is 2. The fourth-order valence-corrected chi connectivity index (χ4v) is 4.84. The molecule has 0 aliphatic rings. The first-order chi connectivity index (χ1) is 19.3. The van der Waals surface area contributed by atoms with Gasteiger partial charge in [-0.05, 0) is 88.0 Å². The van der Waals surface area contributed by atoms with Crippen molar-refractivity contribution < 1.29 is 10.2 Å². The van der Waals surface area contributed by atoms with E-state index in [0.29, 0.717) is 11.5 Å². The van der Waals surface area contributed by atoms with Gasteiger partial charge < -0.3 is 20.4 Å². The zero-order valence-electron chi connectivity index (χ0n) is 29.6. The van der Waals surface area contributed by atoms with Crippen LogP contribution in [0.4, 0.5) is 0 Å². The monoisotopic (exact) mass is 698 g/mol. The van der Waals surface area contributed by atoms with Crippen molar-refractivity contribution in [1.29, 1.82) is 0 Å². The van der Waals surface area contributed by atoms with E-state index < -0.39 is 0 Å². The maximum Gasteiger partial charge on any atom is 0.136 e. The van der Waals surface area contributed by atoms with E-state index in [1.54, 1.807) is 11.8 Å². The number of nitrogens with one attached hydrogen (secondary N) is 1. The highest BCUT2D eigenvalue weighted by molar-refractivity contribution is 8.22. The summed E-state index contributed by atoms with van der Waals surface area (Å²) in [6, 6.07) is 10.3. The topological polar surface area (TPSA) is 55.7 Å². The highest BCUT2D eigenvalue weighted by atomic mass is 32.2. The van der Waals surface area contributed by atoms with Crippen molar-refractivity contribution in [2.24, 2.45) is 0 Å². The van der Waals surface area contributed by atoms with Gasteiger partial charge in [0.2, 0.25) is 0 Å². The molecule has 260 valence electrons. The number of rotatable bonds is 2. The quantitative estimate of drug-likeness (QED) is 0.268. The summed E-state index contributed by atoms with van der Waals surface area (Å²) in [5.74, 6) is 1.71. The molecule has 0 aliphatic heterocycles. The number of phenolic OH excluding ortho intramolecular Hbond substituents is 2. The molecule has 0 spiro atoms. The summed E-state index contributed by atoms with van der Waals surface area (Å²) in [4.78, 5) is 1.95. The van der Waals surface area contributed by atoms with E-state index in [9.17, 15) is 10.2 Å². The minimum absolute atomic E-state index is 0. The Morgan fingerprint density at radius 3 is 1.22 bits per heavy atom. The summed E-state index contributed by atoms with van der Waals surface area (Å²) in [6.45, 7) is 25.5. The number of thiocarbonyl (C=S) groups is 3. The Balaban J connectivity index is -0.000000318. The lowest BCUT2D eigenvalue weighted by molar-refractivity contribution is 0.422. The van der Waals surface area contributed by atoms with Crippen LogP contribution in [0.5, 0.6) is 11.5 Å². The molecular formula is C37H66N2O2S4. The Kier molecular flexibility index (Phi) is 23.9. The van der Waals surface area contributed by atoms with Crippen molar-refractivity contribution in [3.05, 3.63) is 58.1 Å². The molecule has 2 aromatic rings. The van der Waals surface area contributed by atoms with E-state index in [2.05, 4.69) is 125 Å². The minimum atomic E-state index is -0.0905. The van der Waals surface area contributed by atoms with E-state index in [0.717, 1.165) is 32.3 Å². The molecule has 0 unspecified atom stereocenters. The van der Waals surface area contributed by atoms with Crippen LogP contribution < -0.4 is 5.32 Å². The third-order valence-electron chi connectivity index (χ3n) is 6.17. The Hall–Kier alpha value is -1.54. The van der Waals surface area contributed by atoms with Crippen LogP contribution >= 0.6 is 48.4 Å². The fraction of sp³-hybridized carbons (Fsp3) is 0.622. The Morgan fingerprint density at radius 1 is 0.711 bits per heavy atom. The van der Waals surface area contributed by atoms with Gasteiger partial charge in [0, 0.05) is 24.2 Å². The molecular weight excluding hydrogens is 633 g/mol. The van der Waals surface area contributed by atoms with Crippen molar-refractivity contribution >= 4 is 57.1 Å². The summed E-state index contributed by atoms with van der Waals surface area (Å²) >= 11 is 14.9. The first-order valence-electron chi connectivity index (χ1n) is 14.4. The molecule has 0 atom stereocenters. The molecule has 4 nitrogen and oxygen atoms in total. The second kappa shape index (κ2) is 21.4. The lowest BCUT2D eigenvalue weighted by Crippen LogP contribution is -2.18. The second-order valence-corrected chi connectivity index (χ2v) is 17.0. The third-order valence-corrected chi connectivity index (χ3v) is 7.97. The molecule has 45 heavy (non-hydrogen) atoms. The van der Waals surface area contributed by atoms with Crippen molar-refractivity contribution in [3.8, 4) is 11.5 Å². The van der Waals surface area contributed by atoms with Crippen LogP contribution in [0.3, 0.4) is 0 Å².